The summed E-state index contributed by atoms with van der Waals surface area (Å²) >= 11 is -2.32. The van der Waals surface area contributed by atoms with E-state index in [1.807, 2.05) is 6.07 Å². The zero-order chi connectivity index (χ0) is 20.0. The summed E-state index contributed by atoms with van der Waals surface area (Å²) in [6, 6.07) is 3.98. The molecule has 27 heavy (non-hydrogen) atoms. The van der Waals surface area contributed by atoms with Gasteiger partial charge in [-0.05, 0) is 0 Å². The Morgan fingerprint density at radius 1 is 1.26 bits per heavy atom. The number of imide groups is 1. The maximum absolute atomic E-state index is 12.8. The Hall–Kier alpha value is -1.90. The third-order valence-electron chi connectivity index (χ3n) is 4.29. The van der Waals surface area contributed by atoms with Gasteiger partial charge < -0.3 is 0 Å². The molecule has 0 saturated heterocycles. The summed E-state index contributed by atoms with van der Waals surface area (Å²) in [4.78, 5) is 37.7. The summed E-state index contributed by atoms with van der Waals surface area (Å²) in [5.41, 5.74) is 1.53. The van der Waals surface area contributed by atoms with Crippen molar-refractivity contribution in [1.82, 2.24) is 19.7 Å². The van der Waals surface area contributed by atoms with Crippen LogP contribution in [0.2, 0.25) is 14.8 Å². The summed E-state index contributed by atoms with van der Waals surface area (Å²) in [6.07, 6.45) is 3.27. The van der Waals surface area contributed by atoms with Crippen molar-refractivity contribution in [2.75, 3.05) is 6.54 Å². The van der Waals surface area contributed by atoms with E-state index >= 15 is 0 Å². The van der Waals surface area contributed by atoms with Crippen molar-refractivity contribution in [3.05, 3.63) is 35.8 Å². The molecule has 0 spiro atoms. The molecule has 0 aromatic carbocycles. The number of nitrogens with zero attached hydrogens (tertiary/aromatic N) is 4. The molecule has 0 atom stereocenters. The Morgan fingerprint density at radius 2 is 1.96 bits per heavy atom. The molecule has 2 amide bonds. The summed E-state index contributed by atoms with van der Waals surface area (Å²) in [6.45, 7) is 5.63. The number of pyridine rings is 1. The number of rotatable bonds is 2. The number of fused-ring (bicyclic) bond motifs is 1. The van der Waals surface area contributed by atoms with Crippen molar-refractivity contribution in [3.8, 4) is 5.69 Å². The van der Waals surface area contributed by atoms with Crippen LogP contribution < -0.4 is 3.71 Å². The molecule has 2 aromatic heterocycles. The van der Waals surface area contributed by atoms with Crippen LogP contribution in [0.25, 0.3) is 5.69 Å². The van der Waals surface area contributed by atoms with E-state index in [9.17, 15) is 9.59 Å². The molecule has 0 bridgehead atoms. The molecule has 0 N–H and O–H groups in total. The number of hydrogen-bond donors (Lipinski definition) is 0. The van der Waals surface area contributed by atoms with Crippen LogP contribution in [-0.4, -0.2) is 62.2 Å². The van der Waals surface area contributed by atoms with Crippen molar-refractivity contribution >= 4 is 34.1 Å². The molecule has 144 valence electrons. The second-order valence-corrected chi connectivity index (χ2v) is 23.1. The third-order valence-corrected chi connectivity index (χ3v) is 9.45. The van der Waals surface area contributed by atoms with Gasteiger partial charge in [-0.15, -0.1) is 0 Å². The van der Waals surface area contributed by atoms with Gasteiger partial charge in [0.25, 0.3) is 0 Å². The van der Waals surface area contributed by atoms with E-state index in [2.05, 4.69) is 31.0 Å². The molecule has 7 nitrogen and oxygen atoms in total. The zero-order valence-corrected chi connectivity index (χ0v) is 19.6. The third kappa shape index (κ3) is 4.17. The second-order valence-electron chi connectivity index (χ2n) is 8.75. The van der Waals surface area contributed by atoms with Crippen LogP contribution in [0.5, 0.6) is 0 Å². The Labute approximate surface area is 163 Å². The molecule has 0 fully saturated rings. The molecule has 2 aromatic rings. The maximum atomic E-state index is 12.8. The van der Waals surface area contributed by atoms with Crippen LogP contribution in [0.1, 0.15) is 36.8 Å². The van der Waals surface area contributed by atoms with Crippen LogP contribution >= 0.6 is 0 Å². The van der Waals surface area contributed by atoms with Crippen molar-refractivity contribution in [3.63, 3.8) is 0 Å². The fourth-order valence-electron chi connectivity index (χ4n) is 2.93. The van der Waals surface area contributed by atoms with Gasteiger partial charge in [-0.3, -0.25) is 0 Å². The van der Waals surface area contributed by atoms with Gasteiger partial charge in [-0.25, -0.2) is 0 Å². The Kier molecular flexibility index (Phi) is 5.09. The Morgan fingerprint density at radius 3 is 2.59 bits per heavy atom. The van der Waals surface area contributed by atoms with Gasteiger partial charge in [0.1, 0.15) is 0 Å². The summed E-state index contributed by atoms with van der Waals surface area (Å²) < 4.78 is 8.30. The minimum absolute atomic E-state index is 0.281. The molecular formula is C19H26N4O3Sn. The molecular weight excluding hydrogens is 451 g/mol. The first-order valence-electron chi connectivity index (χ1n) is 9.06. The van der Waals surface area contributed by atoms with Gasteiger partial charge in [-0.2, -0.15) is 0 Å². The van der Waals surface area contributed by atoms with Crippen molar-refractivity contribution in [1.29, 1.82) is 0 Å². The average molecular weight is 477 g/mol. The van der Waals surface area contributed by atoms with E-state index in [0.29, 0.717) is 12.0 Å². The van der Waals surface area contributed by atoms with Crippen molar-refractivity contribution < 1.29 is 14.3 Å². The van der Waals surface area contributed by atoms with Gasteiger partial charge in [0.05, 0.1) is 0 Å². The van der Waals surface area contributed by atoms with E-state index in [0.717, 1.165) is 20.0 Å². The standard InChI is InChI=1S/C16H17N4O3.3CH3.Sn/c1-16(2,3)23-15(22)19-9-6-13-12(14(19)21)10-18-20(13)11-4-7-17-8-5-11;;;;/h4-5,7,10H,6,9H2,1-3H3;3*1H3;. The number of carbonyl (C=O) groups excluding carboxylic acids is 2. The van der Waals surface area contributed by atoms with Gasteiger partial charge in [0, 0.05) is 0 Å². The molecule has 0 unspecified atom stereocenters. The fourth-order valence-corrected chi connectivity index (χ4v) is 5.91. The number of amides is 2. The first-order chi connectivity index (χ1) is 12.5. The Balaban J connectivity index is 1.91. The minimum atomic E-state index is -2.32. The average Bonchev–Trinajstić information content (AvgIpc) is 2.97. The quantitative estimate of drug-likeness (QED) is 0.623. The number of carbonyl (C=O) groups is 2. The summed E-state index contributed by atoms with van der Waals surface area (Å²) in [7, 11) is 0. The first-order valence-corrected chi connectivity index (χ1v) is 19.0. The van der Waals surface area contributed by atoms with Crippen LogP contribution in [0.4, 0.5) is 4.79 Å². The van der Waals surface area contributed by atoms with Crippen LogP contribution in [0, 0.1) is 0 Å². The molecule has 3 heterocycles. The van der Waals surface area contributed by atoms with Crippen LogP contribution in [-0.2, 0) is 11.2 Å². The van der Waals surface area contributed by atoms with Crippen LogP contribution in [0.15, 0.2) is 24.5 Å². The monoisotopic (exact) mass is 478 g/mol. The van der Waals surface area contributed by atoms with Crippen LogP contribution in [0.3, 0.4) is 0 Å². The molecule has 0 aliphatic carbocycles. The van der Waals surface area contributed by atoms with Crippen molar-refractivity contribution in [2.24, 2.45) is 0 Å². The van der Waals surface area contributed by atoms with E-state index in [1.165, 1.54) is 6.20 Å². The first kappa shape index (κ1) is 19.8. The number of aromatic nitrogens is 3. The SMILES string of the molecule is CC(C)(C)OC(=O)N1CCc2c(cnn2-c2ccn[c]([Sn]([CH3])([CH3])[CH3])c2)C1=O. The predicted molar refractivity (Wildman–Crippen MR) is 105 cm³/mol. The molecule has 0 radical (unpaired) electrons. The fraction of sp³-hybridized carbons (Fsp3) is 0.474. The molecule has 1 aliphatic heterocycles. The molecule has 3 rings (SSSR count). The van der Waals surface area contributed by atoms with E-state index < -0.39 is 30.1 Å². The van der Waals surface area contributed by atoms with E-state index in [1.54, 1.807) is 31.6 Å². The van der Waals surface area contributed by atoms with Gasteiger partial charge in [0.15, 0.2) is 0 Å². The number of ether oxygens (including phenoxy) is 1. The Bertz CT molecular complexity index is 893. The topological polar surface area (TPSA) is 77.3 Å². The molecule has 0 saturated carbocycles. The van der Waals surface area contributed by atoms with E-state index in [4.69, 9.17) is 4.74 Å². The predicted octanol–water partition coefficient (Wildman–Crippen LogP) is 2.75. The zero-order valence-electron chi connectivity index (χ0n) is 16.7. The normalized spacial score (nSPS) is 14.9. The van der Waals surface area contributed by atoms with Gasteiger partial charge in [0.2, 0.25) is 0 Å². The summed E-state index contributed by atoms with van der Waals surface area (Å²) in [5.74, 6) is -0.360. The molecule has 1 aliphatic rings. The van der Waals surface area contributed by atoms with E-state index in [-0.39, 0.29) is 12.5 Å². The van der Waals surface area contributed by atoms with Crippen molar-refractivity contribution in [2.45, 2.75) is 47.6 Å². The number of hydrogen-bond acceptors (Lipinski definition) is 5. The second kappa shape index (κ2) is 6.92. The molecule has 8 heteroatoms. The van der Waals surface area contributed by atoms with Gasteiger partial charge >= 0.3 is 164 Å². The summed E-state index contributed by atoms with van der Waals surface area (Å²) in [5, 5.41) is 4.42. The van der Waals surface area contributed by atoms with Gasteiger partial charge in [-0.1, -0.05) is 0 Å².